The average Bonchev–Trinajstić information content (AvgIpc) is 3.09. The molecular weight excluding hydrogens is 945 g/mol. The van der Waals surface area contributed by atoms with Crippen LogP contribution in [-0.4, -0.2) is 124 Å². The van der Waals surface area contributed by atoms with Gasteiger partial charge in [0.15, 0.2) is 0 Å². The third-order valence-electron chi connectivity index (χ3n) is 6.17. The largest absolute Gasteiger partial charge is 1.00 e. The summed E-state index contributed by atoms with van der Waals surface area (Å²) in [6, 6.07) is 7.01. The van der Waals surface area contributed by atoms with E-state index in [9.17, 15) is 46.6 Å². The normalized spacial score (nSPS) is 11.2. The number of thiol groups is 1. The fourth-order valence-corrected chi connectivity index (χ4v) is 8.67. The van der Waals surface area contributed by atoms with Gasteiger partial charge in [-0.1, -0.05) is 59.6 Å². The molecule has 28 heteroatoms. The van der Waals surface area contributed by atoms with Crippen molar-refractivity contribution in [1.82, 2.24) is 0 Å². The maximum absolute atomic E-state index is 11.1. The summed E-state index contributed by atoms with van der Waals surface area (Å²) in [5, 5.41) is 0. The van der Waals surface area contributed by atoms with Crippen LogP contribution in [0, 0.1) is 0 Å². The molecule has 0 aliphatic carbocycles. The molecule has 0 saturated carbocycles. The Morgan fingerprint density at radius 2 is 1.02 bits per heavy atom. The minimum absolute atomic E-state index is 0. The molecule has 1 aromatic carbocycles. The summed E-state index contributed by atoms with van der Waals surface area (Å²) >= 11 is 3.73. The van der Waals surface area contributed by atoms with Gasteiger partial charge in [0.05, 0.1) is 46.5 Å². The first-order chi connectivity index (χ1) is 24.2. The third-order valence-corrected chi connectivity index (χ3v) is 14.8. The first kappa shape index (κ1) is 76.8. The van der Waals surface area contributed by atoms with Crippen molar-refractivity contribution in [3.05, 3.63) is 29.8 Å². The minimum Gasteiger partial charge on any atom is -1.00 e. The van der Waals surface area contributed by atoms with Gasteiger partial charge in [0.2, 0.25) is 0 Å². The van der Waals surface area contributed by atoms with E-state index in [1.165, 1.54) is 26.4 Å². The van der Waals surface area contributed by atoms with E-state index in [2.05, 4.69) is 21.0 Å². The number of halogens is 1. The van der Waals surface area contributed by atoms with Crippen molar-refractivity contribution in [3.63, 3.8) is 0 Å². The van der Waals surface area contributed by atoms with Crippen LogP contribution in [0.5, 0.6) is 0 Å². The molecule has 1 rings (SSSR count). The number of benzene rings is 1. The summed E-state index contributed by atoms with van der Waals surface area (Å²) in [5.74, 6) is 0.321. The van der Waals surface area contributed by atoms with Crippen LogP contribution in [0.25, 0.3) is 0 Å². The molecule has 0 saturated heterocycles. The van der Waals surface area contributed by atoms with Crippen molar-refractivity contribution in [2.24, 2.45) is 0 Å². The molecule has 0 fully saturated rings. The summed E-state index contributed by atoms with van der Waals surface area (Å²) in [7, 11) is -8.01. The zero-order valence-electron chi connectivity index (χ0n) is 36.6. The van der Waals surface area contributed by atoms with E-state index in [0.29, 0.717) is 43.9 Å². The topological polar surface area (TPSA) is 260 Å². The van der Waals surface area contributed by atoms with Crippen molar-refractivity contribution in [3.8, 4) is 0 Å². The maximum Gasteiger partial charge on any atom is 1.00 e. The van der Waals surface area contributed by atoms with Gasteiger partial charge in [-0.15, -0.1) is 0 Å². The van der Waals surface area contributed by atoms with Crippen molar-refractivity contribution in [1.29, 1.82) is 0 Å². The molecule has 0 aliphatic rings. The Bertz CT molecular complexity index is 1550. The van der Waals surface area contributed by atoms with Gasteiger partial charge < -0.3 is 20.7 Å². The molecule has 0 spiro atoms. The van der Waals surface area contributed by atoms with Gasteiger partial charge in [-0.05, 0) is 55.6 Å². The molecular formula is C29H64ClNa3O17S6Si. The van der Waals surface area contributed by atoms with E-state index >= 15 is 0 Å². The summed E-state index contributed by atoms with van der Waals surface area (Å²) in [6.07, 6.45) is 5.45. The molecule has 0 atom stereocenters. The number of hydrogen-bond donors (Lipinski definition) is 2. The molecule has 1 aromatic rings. The second-order valence-electron chi connectivity index (χ2n) is 10.4. The molecule has 0 bridgehead atoms. The van der Waals surface area contributed by atoms with E-state index in [1.807, 2.05) is 20.8 Å². The first-order valence-electron chi connectivity index (χ1n) is 16.0. The number of aryl methyl sites for hydroxylation is 1. The average molecular weight is 1010 g/mol. The van der Waals surface area contributed by atoms with Gasteiger partial charge in [-0.25, -0.2) is 16.8 Å². The van der Waals surface area contributed by atoms with Crippen LogP contribution < -0.4 is 88.7 Å². The van der Waals surface area contributed by atoms with E-state index in [4.69, 9.17) is 28.5 Å². The van der Waals surface area contributed by atoms with E-state index in [-0.39, 0.29) is 127 Å². The van der Waals surface area contributed by atoms with E-state index < -0.39 is 58.3 Å². The quantitative estimate of drug-likeness (QED) is 0.0391. The van der Waals surface area contributed by atoms with Crippen molar-refractivity contribution in [2.75, 3.05) is 64.3 Å². The molecule has 17 nitrogen and oxygen atoms in total. The Morgan fingerprint density at radius 1 is 0.667 bits per heavy atom. The molecule has 0 amide bonds. The Balaban J connectivity index is -0.0000000655. The fourth-order valence-electron chi connectivity index (χ4n) is 3.05. The molecule has 0 heterocycles. The Morgan fingerprint density at radius 3 is 1.23 bits per heavy atom. The van der Waals surface area contributed by atoms with Gasteiger partial charge in [0.1, 0.15) is 0 Å². The predicted octanol–water partition coefficient (Wildman–Crippen LogP) is -4.04. The third kappa shape index (κ3) is 52.8. The molecule has 0 aromatic heterocycles. The first-order valence-corrected chi connectivity index (χ1v) is 27.2. The van der Waals surface area contributed by atoms with Crippen LogP contribution in [0.4, 0.5) is 0 Å². The number of unbranched alkanes of at least 4 members (excludes halogenated alkanes) is 3. The number of rotatable bonds is 21. The van der Waals surface area contributed by atoms with E-state index in [1.54, 1.807) is 33.5 Å². The second kappa shape index (κ2) is 42.5. The van der Waals surface area contributed by atoms with Crippen LogP contribution in [0.15, 0.2) is 29.2 Å². The Hall–Kier alpha value is 2.55. The Labute approximate surface area is 425 Å². The standard InChI is InChI=1S/C11H17ClO5SSi.2C5H12O3S.C4H10O3S.C3H8O3S2.CH4.3Na.2H/c1-15-19(16-2,17-3)9-8-10-4-6-11(7-5-10)18(12,13)14;2*1-3-4-5-9(6,7)8-2;1-2-3-4-8(5,6)7;4-8(5,6)3-1-2-7;;;;;;/h4-7H,8-9H2,1-3H3;2*3-5H2,1-2H3;2-4H2,1H3,(H,5,6,7);7H,1-3H2,(H,4,5,6);1H4;;;;;/q;;;;;;3*+1;2*-1/p-1. The van der Waals surface area contributed by atoms with Crippen LogP contribution in [0.2, 0.25) is 6.04 Å². The zero-order valence-corrected chi connectivity index (χ0v) is 47.3. The maximum atomic E-state index is 11.1. The van der Waals surface area contributed by atoms with Crippen LogP contribution in [0.1, 0.15) is 81.6 Å². The van der Waals surface area contributed by atoms with Crippen molar-refractivity contribution in [2.45, 2.75) is 90.5 Å². The fraction of sp³-hybridized carbons (Fsp3) is 0.793. The van der Waals surface area contributed by atoms with Crippen LogP contribution in [0.3, 0.4) is 0 Å². The van der Waals surface area contributed by atoms with Gasteiger partial charge in [-0.2, -0.15) is 37.9 Å². The molecule has 0 aliphatic heterocycles. The molecule has 0 radical (unpaired) electrons. The van der Waals surface area contributed by atoms with Gasteiger partial charge in [0.25, 0.3) is 39.4 Å². The number of hydrogen-bond acceptors (Lipinski definition) is 17. The van der Waals surface area contributed by atoms with Crippen molar-refractivity contribution >= 4 is 81.6 Å². The Kier molecular flexibility index (Phi) is 57.3. The molecule has 332 valence electrons. The van der Waals surface area contributed by atoms with Gasteiger partial charge >= 0.3 is 97.5 Å². The predicted molar refractivity (Wildman–Crippen MR) is 219 cm³/mol. The summed E-state index contributed by atoms with van der Waals surface area (Å²) in [4.78, 5) is 0.0895. The second-order valence-corrected chi connectivity index (χ2v) is 23.3. The van der Waals surface area contributed by atoms with Crippen molar-refractivity contribution < 1.29 is 164 Å². The summed E-state index contributed by atoms with van der Waals surface area (Å²) < 4.78 is 146. The molecule has 57 heavy (non-hydrogen) atoms. The zero-order chi connectivity index (χ0) is 42.4. The molecule has 0 unspecified atom stereocenters. The van der Waals surface area contributed by atoms with E-state index in [0.717, 1.165) is 24.8 Å². The summed E-state index contributed by atoms with van der Waals surface area (Å²) in [6.45, 7) is 5.74. The van der Waals surface area contributed by atoms with Gasteiger partial charge in [-0.3, -0.25) is 12.9 Å². The molecule has 1 N–H and O–H groups in total. The van der Waals surface area contributed by atoms with Gasteiger partial charge in [0, 0.05) is 43.8 Å². The summed E-state index contributed by atoms with van der Waals surface area (Å²) in [5.41, 5.74) is 0.965. The monoisotopic (exact) mass is 1010 g/mol. The minimum atomic E-state index is -3.99. The van der Waals surface area contributed by atoms with Crippen LogP contribution >= 0.6 is 23.3 Å². The SMILES string of the molecule is C.CCCCS(=O)(=O)O.CCCCS(=O)(=O)OC.CCCCS(=O)(=O)OC.CO[Si](CCc1ccc(S(=O)(=O)Cl)cc1)(OC)OC.O=S(=O)([O-])CCCS.[H-].[H-].[Na+].[Na+].[Na+]. The van der Waals surface area contributed by atoms with Crippen LogP contribution in [-0.2, 0) is 77.6 Å². The smallest absolute Gasteiger partial charge is 1.00 e.